The average Bonchev–Trinajstić information content (AvgIpc) is 3.19. The van der Waals surface area contributed by atoms with Gasteiger partial charge in [0.1, 0.15) is 4.34 Å². The molecule has 1 saturated carbocycles. The van der Waals surface area contributed by atoms with Gasteiger partial charge in [0.2, 0.25) is 5.91 Å². The standard InChI is InChI=1S/C15H16N2OS2/c18-14(11-20-15-16-8-9-19-15)17(13-6-7-13)10-12-4-2-1-3-5-12/h1-5,8-9,13H,6-7,10-11H2. The van der Waals surface area contributed by atoms with E-state index in [4.69, 9.17) is 0 Å². The molecular weight excluding hydrogens is 288 g/mol. The monoisotopic (exact) mass is 304 g/mol. The van der Waals surface area contributed by atoms with Crippen LogP contribution >= 0.6 is 23.1 Å². The molecule has 5 heteroatoms. The Morgan fingerprint density at radius 1 is 1.35 bits per heavy atom. The highest BCUT2D eigenvalue weighted by atomic mass is 32.2. The molecule has 0 saturated heterocycles. The highest BCUT2D eigenvalue weighted by Crippen LogP contribution is 2.30. The number of nitrogens with zero attached hydrogens (tertiary/aromatic N) is 2. The molecule has 2 aromatic rings. The second kappa shape index (κ2) is 6.41. The Morgan fingerprint density at radius 3 is 2.80 bits per heavy atom. The molecule has 0 spiro atoms. The molecule has 0 bridgehead atoms. The van der Waals surface area contributed by atoms with Crippen molar-refractivity contribution in [2.45, 2.75) is 29.8 Å². The van der Waals surface area contributed by atoms with Crippen LogP contribution in [-0.4, -0.2) is 27.6 Å². The lowest BCUT2D eigenvalue weighted by Gasteiger charge is -2.22. The lowest BCUT2D eigenvalue weighted by Crippen LogP contribution is -2.33. The van der Waals surface area contributed by atoms with Crippen LogP contribution in [0.15, 0.2) is 46.2 Å². The molecule has 0 N–H and O–H groups in total. The summed E-state index contributed by atoms with van der Waals surface area (Å²) in [6.45, 7) is 0.725. The topological polar surface area (TPSA) is 33.2 Å². The minimum absolute atomic E-state index is 0.219. The van der Waals surface area contributed by atoms with Crippen molar-refractivity contribution < 1.29 is 4.79 Å². The van der Waals surface area contributed by atoms with E-state index in [1.54, 1.807) is 17.5 Å². The summed E-state index contributed by atoms with van der Waals surface area (Å²) in [5.74, 6) is 0.702. The van der Waals surface area contributed by atoms with E-state index >= 15 is 0 Å². The van der Waals surface area contributed by atoms with E-state index in [1.807, 2.05) is 28.5 Å². The van der Waals surface area contributed by atoms with Gasteiger partial charge in [0.05, 0.1) is 5.75 Å². The highest BCUT2D eigenvalue weighted by Gasteiger charge is 2.32. The normalized spacial score (nSPS) is 14.2. The predicted molar refractivity (Wildman–Crippen MR) is 82.9 cm³/mol. The minimum Gasteiger partial charge on any atom is -0.335 e. The van der Waals surface area contributed by atoms with Crippen molar-refractivity contribution in [2.24, 2.45) is 0 Å². The third kappa shape index (κ3) is 3.61. The van der Waals surface area contributed by atoms with Crippen molar-refractivity contribution >= 4 is 29.0 Å². The number of benzene rings is 1. The molecule has 0 radical (unpaired) electrons. The van der Waals surface area contributed by atoms with Crippen LogP contribution in [-0.2, 0) is 11.3 Å². The lowest BCUT2D eigenvalue weighted by molar-refractivity contribution is -0.129. The zero-order valence-corrected chi connectivity index (χ0v) is 12.7. The SMILES string of the molecule is O=C(CSc1nccs1)N(Cc1ccccc1)C1CC1. The van der Waals surface area contributed by atoms with Gasteiger partial charge in [0, 0.05) is 24.2 Å². The Labute approximate surface area is 127 Å². The fourth-order valence-corrected chi connectivity index (χ4v) is 3.60. The molecule has 20 heavy (non-hydrogen) atoms. The lowest BCUT2D eigenvalue weighted by atomic mass is 10.2. The first-order valence-electron chi connectivity index (χ1n) is 6.68. The maximum absolute atomic E-state index is 12.4. The summed E-state index contributed by atoms with van der Waals surface area (Å²) >= 11 is 3.12. The molecule has 1 fully saturated rings. The Bertz CT molecular complexity index is 553. The molecule has 3 nitrogen and oxygen atoms in total. The first-order chi connectivity index (χ1) is 9.83. The van der Waals surface area contributed by atoms with Crippen molar-refractivity contribution in [3.8, 4) is 0 Å². The number of carbonyl (C=O) groups excluding carboxylic acids is 1. The molecule has 3 rings (SSSR count). The number of carbonyl (C=O) groups is 1. The van der Waals surface area contributed by atoms with Crippen molar-refractivity contribution in [3.63, 3.8) is 0 Å². The van der Waals surface area contributed by atoms with Crippen LogP contribution in [0.25, 0.3) is 0 Å². The Kier molecular flexibility index (Phi) is 4.38. The largest absolute Gasteiger partial charge is 0.335 e. The molecule has 0 aliphatic heterocycles. The van der Waals surface area contributed by atoms with Gasteiger partial charge in [-0.15, -0.1) is 11.3 Å². The Hall–Kier alpha value is -1.33. The number of hydrogen-bond acceptors (Lipinski definition) is 4. The maximum Gasteiger partial charge on any atom is 0.233 e. The number of aromatic nitrogens is 1. The zero-order valence-electron chi connectivity index (χ0n) is 11.1. The van der Waals surface area contributed by atoms with Crippen LogP contribution in [0.2, 0.25) is 0 Å². The van der Waals surface area contributed by atoms with E-state index in [0.29, 0.717) is 11.8 Å². The molecular formula is C15H16N2OS2. The predicted octanol–water partition coefficient (Wildman–Crippen LogP) is 3.43. The van der Waals surface area contributed by atoms with Crippen LogP contribution in [0, 0.1) is 0 Å². The summed E-state index contributed by atoms with van der Waals surface area (Å²) in [5, 5.41) is 1.94. The summed E-state index contributed by atoms with van der Waals surface area (Å²) in [6.07, 6.45) is 4.06. The molecule has 1 aliphatic rings. The van der Waals surface area contributed by atoms with Gasteiger partial charge in [-0.05, 0) is 18.4 Å². The van der Waals surface area contributed by atoms with Crippen molar-refractivity contribution in [1.82, 2.24) is 9.88 Å². The third-order valence-electron chi connectivity index (χ3n) is 3.23. The van der Waals surface area contributed by atoms with E-state index < -0.39 is 0 Å². The van der Waals surface area contributed by atoms with E-state index in [-0.39, 0.29) is 5.91 Å². The van der Waals surface area contributed by atoms with Gasteiger partial charge < -0.3 is 4.90 Å². The van der Waals surface area contributed by atoms with Crippen LogP contribution in [0.1, 0.15) is 18.4 Å². The van der Waals surface area contributed by atoms with Crippen LogP contribution < -0.4 is 0 Å². The molecule has 1 amide bonds. The first kappa shape index (κ1) is 13.6. The summed E-state index contributed by atoms with van der Waals surface area (Å²) in [5.41, 5.74) is 1.20. The maximum atomic E-state index is 12.4. The van der Waals surface area contributed by atoms with Crippen molar-refractivity contribution in [2.75, 3.05) is 5.75 Å². The summed E-state index contributed by atoms with van der Waals surface area (Å²) in [6, 6.07) is 10.7. The number of hydrogen-bond donors (Lipinski definition) is 0. The summed E-state index contributed by atoms with van der Waals surface area (Å²) < 4.78 is 0.966. The minimum atomic E-state index is 0.219. The van der Waals surface area contributed by atoms with E-state index in [2.05, 4.69) is 17.1 Å². The van der Waals surface area contributed by atoms with E-state index in [9.17, 15) is 4.79 Å². The first-order valence-corrected chi connectivity index (χ1v) is 8.55. The number of thioether (sulfide) groups is 1. The average molecular weight is 304 g/mol. The van der Waals surface area contributed by atoms with Gasteiger partial charge in [0.15, 0.2) is 0 Å². The summed E-state index contributed by atoms with van der Waals surface area (Å²) in [7, 11) is 0. The van der Waals surface area contributed by atoms with Gasteiger partial charge in [-0.25, -0.2) is 4.98 Å². The number of thiazole rings is 1. The number of amides is 1. The smallest absolute Gasteiger partial charge is 0.233 e. The highest BCUT2D eigenvalue weighted by molar-refractivity contribution is 8.01. The molecule has 0 atom stereocenters. The van der Waals surface area contributed by atoms with Gasteiger partial charge in [0.25, 0.3) is 0 Å². The van der Waals surface area contributed by atoms with Crippen LogP contribution in [0.3, 0.4) is 0 Å². The third-order valence-corrected chi connectivity index (χ3v) is 5.18. The fraction of sp³-hybridized carbons (Fsp3) is 0.333. The summed E-state index contributed by atoms with van der Waals surface area (Å²) in [4.78, 5) is 18.6. The molecule has 1 aromatic carbocycles. The van der Waals surface area contributed by atoms with Crippen molar-refractivity contribution in [3.05, 3.63) is 47.5 Å². The van der Waals surface area contributed by atoms with Crippen LogP contribution in [0.4, 0.5) is 0 Å². The van der Waals surface area contributed by atoms with Gasteiger partial charge in [-0.1, -0.05) is 42.1 Å². The molecule has 104 valence electrons. The van der Waals surface area contributed by atoms with Gasteiger partial charge >= 0.3 is 0 Å². The Morgan fingerprint density at radius 2 is 2.15 bits per heavy atom. The zero-order chi connectivity index (χ0) is 13.8. The van der Waals surface area contributed by atoms with Gasteiger partial charge in [-0.3, -0.25) is 4.79 Å². The Balaban J connectivity index is 1.60. The number of rotatable bonds is 6. The van der Waals surface area contributed by atoms with Crippen LogP contribution in [0.5, 0.6) is 0 Å². The van der Waals surface area contributed by atoms with E-state index in [1.165, 1.54) is 17.3 Å². The quantitative estimate of drug-likeness (QED) is 0.767. The molecule has 1 heterocycles. The van der Waals surface area contributed by atoms with Gasteiger partial charge in [-0.2, -0.15) is 0 Å². The molecule has 1 aromatic heterocycles. The van der Waals surface area contributed by atoms with Crippen molar-refractivity contribution in [1.29, 1.82) is 0 Å². The molecule has 1 aliphatic carbocycles. The second-order valence-electron chi connectivity index (χ2n) is 4.83. The second-order valence-corrected chi connectivity index (χ2v) is 6.94. The fourth-order valence-electron chi connectivity index (χ4n) is 2.08. The molecule has 0 unspecified atom stereocenters. The van der Waals surface area contributed by atoms with E-state index in [0.717, 1.165) is 23.7 Å².